The van der Waals surface area contributed by atoms with Gasteiger partial charge in [0.25, 0.3) is 0 Å². The van der Waals surface area contributed by atoms with Crippen molar-refractivity contribution in [2.75, 3.05) is 26.4 Å². The van der Waals surface area contributed by atoms with Gasteiger partial charge in [-0.1, -0.05) is 126 Å². The Morgan fingerprint density at radius 1 is 0.635 bits per heavy atom. The maximum Gasteiger partial charge on any atom is 0.472 e. The average molecular weight is 754 g/mol. The quantitative estimate of drug-likeness (QED) is 0.0242. The number of hydrogen-bond acceptors (Lipinski definition) is 8. The minimum atomic E-state index is -4.62. The molecule has 0 rings (SSSR count). The number of allylic oxidation sites excluding steroid dienone is 10. The van der Waals surface area contributed by atoms with Crippen LogP contribution in [0.2, 0.25) is 0 Å². The van der Waals surface area contributed by atoms with Gasteiger partial charge in [0.15, 0.2) is 0 Å². The second-order valence-corrected chi connectivity index (χ2v) is 14.5. The average Bonchev–Trinajstić information content (AvgIpc) is 3.12. The van der Waals surface area contributed by atoms with Crippen molar-refractivity contribution in [2.45, 2.75) is 161 Å². The SMILES string of the molecule is CC/C=C\C/C=C\C/C=C\CCCCCC(=O)OC(COCCCCCCCC/C=C\C/C=C\CCCCCC)COP(=O)(O)OCC(N)C(=O)O. The molecule has 0 aliphatic rings. The van der Waals surface area contributed by atoms with E-state index >= 15 is 0 Å². The number of hydrogen-bond donors (Lipinski definition) is 3. The van der Waals surface area contributed by atoms with Gasteiger partial charge in [0, 0.05) is 13.0 Å². The molecule has 0 heterocycles. The summed E-state index contributed by atoms with van der Waals surface area (Å²) in [5.41, 5.74) is 5.34. The van der Waals surface area contributed by atoms with Crippen molar-refractivity contribution in [2.24, 2.45) is 5.73 Å². The Hall–Kier alpha value is -2.33. The second-order valence-electron chi connectivity index (χ2n) is 13.0. The topological polar surface area (TPSA) is 155 Å². The third kappa shape index (κ3) is 36.0. The highest BCUT2D eigenvalue weighted by Crippen LogP contribution is 2.43. The summed E-state index contributed by atoms with van der Waals surface area (Å²) in [5.74, 6) is -1.82. The summed E-state index contributed by atoms with van der Waals surface area (Å²) in [6.07, 6.45) is 42.8. The first-order valence-corrected chi connectivity index (χ1v) is 21.3. The molecule has 0 radical (unpaired) electrons. The molecule has 300 valence electrons. The molecule has 11 heteroatoms. The number of carbonyl (C=O) groups is 2. The number of nitrogens with two attached hydrogens (primary N) is 1. The lowest BCUT2D eigenvalue weighted by Gasteiger charge is -2.20. The van der Waals surface area contributed by atoms with E-state index in [1.165, 1.54) is 51.4 Å². The fraction of sp³-hybridized carbons (Fsp3) is 0.707. The van der Waals surface area contributed by atoms with Gasteiger partial charge >= 0.3 is 19.8 Å². The van der Waals surface area contributed by atoms with Crippen molar-refractivity contribution in [3.8, 4) is 0 Å². The lowest BCUT2D eigenvalue weighted by Crippen LogP contribution is -2.34. The standard InChI is InChI=1S/C41H72NO9P/c1-3-5-7-9-11-13-15-17-18-19-20-22-24-26-28-30-32-34-48-35-38(36-49-52(46,47)50-37-39(42)41(44)45)51-40(43)33-31-29-27-25-23-21-16-14-12-10-8-6-4-2/h6,8,12-15,18-19,21,23,38-39H,3-5,7,9-11,16-17,20,22,24-37,42H2,1-2H3,(H,44,45)(H,46,47)/b8-6-,14-12-,15-13-,19-18-,23-21-. The van der Waals surface area contributed by atoms with E-state index in [1.54, 1.807) is 0 Å². The highest BCUT2D eigenvalue weighted by atomic mass is 31.2. The molecule has 0 aromatic heterocycles. The molecular weight excluding hydrogens is 681 g/mol. The van der Waals surface area contributed by atoms with Crippen LogP contribution in [0.3, 0.4) is 0 Å². The zero-order chi connectivity index (χ0) is 38.4. The number of carbonyl (C=O) groups excluding carboxylic acids is 1. The Balaban J connectivity index is 4.35. The summed E-state index contributed by atoms with van der Waals surface area (Å²) < 4.78 is 33.2. The zero-order valence-corrected chi connectivity index (χ0v) is 33.3. The molecule has 0 saturated carbocycles. The van der Waals surface area contributed by atoms with E-state index in [4.69, 9.17) is 24.8 Å². The Morgan fingerprint density at radius 3 is 1.67 bits per heavy atom. The van der Waals surface area contributed by atoms with Gasteiger partial charge in [-0.25, -0.2) is 4.57 Å². The number of ether oxygens (including phenoxy) is 2. The van der Waals surface area contributed by atoms with E-state index in [2.05, 4.69) is 79.1 Å². The van der Waals surface area contributed by atoms with Crippen LogP contribution < -0.4 is 5.73 Å². The Labute approximate surface area is 315 Å². The van der Waals surface area contributed by atoms with E-state index in [-0.39, 0.29) is 13.0 Å². The molecule has 0 aliphatic carbocycles. The summed E-state index contributed by atoms with van der Waals surface area (Å²) in [5, 5.41) is 8.87. The first kappa shape index (κ1) is 49.7. The predicted octanol–water partition coefficient (Wildman–Crippen LogP) is 10.5. The third-order valence-corrected chi connectivity index (χ3v) is 8.98. The van der Waals surface area contributed by atoms with Crippen molar-refractivity contribution in [1.29, 1.82) is 0 Å². The van der Waals surface area contributed by atoms with Gasteiger partial charge in [0.05, 0.1) is 19.8 Å². The van der Waals surface area contributed by atoms with Crippen molar-refractivity contribution < 1.29 is 42.7 Å². The minimum Gasteiger partial charge on any atom is -0.480 e. The highest BCUT2D eigenvalue weighted by Gasteiger charge is 2.27. The van der Waals surface area contributed by atoms with E-state index in [0.29, 0.717) is 13.0 Å². The number of carboxylic acid groups (broad SMARTS) is 1. The Morgan fingerprint density at radius 2 is 1.12 bits per heavy atom. The van der Waals surface area contributed by atoms with Crippen LogP contribution in [0.5, 0.6) is 0 Å². The first-order valence-electron chi connectivity index (χ1n) is 19.8. The van der Waals surface area contributed by atoms with Crippen LogP contribution in [0.25, 0.3) is 0 Å². The van der Waals surface area contributed by atoms with Crippen LogP contribution >= 0.6 is 7.82 Å². The van der Waals surface area contributed by atoms with E-state index in [9.17, 15) is 19.0 Å². The molecule has 52 heavy (non-hydrogen) atoms. The summed E-state index contributed by atoms with van der Waals surface area (Å²) in [6, 6.07) is -1.48. The number of aliphatic carboxylic acids is 1. The number of carboxylic acids is 1. The maximum atomic E-state index is 12.6. The largest absolute Gasteiger partial charge is 0.480 e. The molecule has 0 bridgehead atoms. The minimum absolute atomic E-state index is 0.00507. The van der Waals surface area contributed by atoms with Gasteiger partial charge in [-0.05, 0) is 77.0 Å². The van der Waals surface area contributed by atoms with Gasteiger partial charge in [-0.2, -0.15) is 0 Å². The zero-order valence-electron chi connectivity index (χ0n) is 32.4. The van der Waals surface area contributed by atoms with E-state index < -0.39 is 45.1 Å². The van der Waals surface area contributed by atoms with Crippen LogP contribution in [0.15, 0.2) is 60.8 Å². The van der Waals surface area contributed by atoms with Gasteiger partial charge in [-0.15, -0.1) is 0 Å². The number of rotatable bonds is 37. The molecule has 3 atom stereocenters. The van der Waals surface area contributed by atoms with Crippen LogP contribution in [0.1, 0.15) is 149 Å². The van der Waals surface area contributed by atoms with Crippen molar-refractivity contribution in [3.63, 3.8) is 0 Å². The normalized spacial score (nSPS) is 14.7. The van der Waals surface area contributed by atoms with Crippen LogP contribution in [-0.4, -0.2) is 60.5 Å². The molecule has 10 nitrogen and oxygen atoms in total. The fourth-order valence-electron chi connectivity index (χ4n) is 4.94. The molecule has 0 amide bonds. The van der Waals surface area contributed by atoms with Gasteiger partial charge in [-0.3, -0.25) is 18.6 Å². The summed E-state index contributed by atoms with van der Waals surface area (Å²) in [7, 11) is -4.62. The van der Waals surface area contributed by atoms with Crippen molar-refractivity contribution in [3.05, 3.63) is 60.8 Å². The molecular formula is C41H72NO9P. The van der Waals surface area contributed by atoms with Gasteiger partial charge < -0.3 is 25.2 Å². The summed E-state index contributed by atoms with van der Waals surface area (Å²) in [4.78, 5) is 33.4. The Kier molecular flexibility index (Phi) is 35.3. The van der Waals surface area contributed by atoms with Crippen LogP contribution in [0.4, 0.5) is 0 Å². The first-order chi connectivity index (χ1) is 25.2. The van der Waals surface area contributed by atoms with E-state index in [1.807, 2.05) is 0 Å². The van der Waals surface area contributed by atoms with E-state index in [0.717, 1.165) is 70.6 Å². The predicted molar refractivity (Wildman–Crippen MR) is 212 cm³/mol. The maximum absolute atomic E-state index is 12.6. The molecule has 0 aromatic rings. The highest BCUT2D eigenvalue weighted by molar-refractivity contribution is 7.47. The number of unbranched alkanes of at least 4 members (excludes halogenated alkanes) is 13. The molecule has 4 N–H and O–H groups in total. The summed E-state index contributed by atoms with van der Waals surface area (Å²) in [6.45, 7) is 3.66. The summed E-state index contributed by atoms with van der Waals surface area (Å²) >= 11 is 0. The fourth-order valence-corrected chi connectivity index (χ4v) is 5.72. The van der Waals surface area contributed by atoms with Crippen LogP contribution in [0, 0.1) is 0 Å². The Bertz CT molecular complexity index is 1060. The molecule has 0 aliphatic heterocycles. The number of phosphoric acid groups is 1. The number of esters is 1. The molecule has 0 saturated heterocycles. The smallest absolute Gasteiger partial charge is 0.472 e. The molecule has 0 spiro atoms. The third-order valence-electron chi connectivity index (χ3n) is 8.03. The monoisotopic (exact) mass is 753 g/mol. The van der Waals surface area contributed by atoms with Gasteiger partial charge in [0.2, 0.25) is 0 Å². The lowest BCUT2D eigenvalue weighted by molar-refractivity contribution is -0.154. The van der Waals surface area contributed by atoms with Crippen LogP contribution in [-0.2, 0) is 32.7 Å². The molecule has 3 unspecified atom stereocenters. The molecule has 0 fully saturated rings. The number of phosphoric ester groups is 1. The lowest BCUT2D eigenvalue weighted by atomic mass is 10.1. The second kappa shape index (κ2) is 37.0. The molecule has 0 aromatic carbocycles. The van der Waals surface area contributed by atoms with Crippen molar-refractivity contribution >= 4 is 19.8 Å². The van der Waals surface area contributed by atoms with Crippen molar-refractivity contribution in [1.82, 2.24) is 0 Å². The van der Waals surface area contributed by atoms with Gasteiger partial charge in [0.1, 0.15) is 12.1 Å².